The van der Waals surface area contributed by atoms with Crippen LogP contribution in [-0.4, -0.2) is 70.3 Å². The molecule has 2 N–H and O–H groups in total. The van der Waals surface area contributed by atoms with Crippen LogP contribution in [0.3, 0.4) is 0 Å². The van der Waals surface area contributed by atoms with Crippen molar-refractivity contribution in [3.05, 3.63) is 24.3 Å². The fraction of sp³-hybridized carbons (Fsp3) is 0.696. The van der Waals surface area contributed by atoms with E-state index in [1.165, 1.54) is 44.5 Å². The van der Waals surface area contributed by atoms with Crippen LogP contribution in [0, 0.1) is 5.92 Å². The van der Waals surface area contributed by atoms with Gasteiger partial charge in [0.2, 0.25) is 0 Å². The first-order valence-corrected chi connectivity index (χ1v) is 11.3. The molecule has 0 radical (unpaired) electrons. The molecule has 0 aromatic heterocycles. The summed E-state index contributed by atoms with van der Waals surface area (Å²) in [6.07, 6.45) is 6.47. The molecule has 6 nitrogen and oxygen atoms in total. The quantitative estimate of drug-likeness (QED) is 0.398. The number of guanidine groups is 1. The van der Waals surface area contributed by atoms with Gasteiger partial charge in [0, 0.05) is 57.6 Å². The van der Waals surface area contributed by atoms with Crippen LogP contribution in [0.5, 0.6) is 5.75 Å². The Bertz CT molecular complexity index is 650. The largest absolute Gasteiger partial charge is 0.497 e. The van der Waals surface area contributed by atoms with E-state index in [1.54, 1.807) is 7.11 Å². The summed E-state index contributed by atoms with van der Waals surface area (Å²) in [6, 6.07) is 9.11. The highest BCUT2D eigenvalue weighted by Gasteiger charge is 2.23. The van der Waals surface area contributed by atoms with E-state index in [1.807, 2.05) is 13.1 Å². The van der Waals surface area contributed by atoms with Gasteiger partial charge in [-0.05, 0) is 57.2 Å². The van der Waals surface area contributed by atoms with Crippen LogP contribution in [0.2, 0.25) is 0 Å². The Labute approximate surface area is 176 Å². The minimum Gasteiger partial charge on any atom is -0.497 e. The van der Waals surface area contributed by atoms with Crippen molar-refractivity contribution in [2.75, 3.05) is 58.3 Å². The molecule has 2 heterocycles. The normalized spacial score (nSPS) is 23.3. The van der Waals surface area contributed by atoms with Crippen molar-refractivity contribution >= 4 is 11.6 Å². The maximum absolute atomic E-state index is 5.36. The van der Waals surface area contributed by atoms with Crippen LogP contribution >= 0.6 is 0 Å². The summed E-state index contributed by atoms with van der Waals surface area (Å²) in [7, 11) is 3.58. The van der Waals surface area contributed by atoms with Crippen molar-refractivity contribution in [2.24, 2.45) is 10.9 Å². The number of rotatable bonds is 8. The Morgan fingerprint density at radius 1 is 1.21 bits per heavy atom. The summed E-state index contributed by atoms with van der Waals surface area (Å²) < 4.78 is 5.36. The number of anilines is 1. The van der Waals surface area contributed by atoms with Crippen LogP contribution in [-0.2, 0) is 0 Å². The molecule has 0 amide bonds. The smallest absolute Gasteiger partial charge is 0.190 e. The highest BCUT2D eigenvalue weighted by molar-refractivity contribution is 5.79. The number of benzene rings is 1. The molecule has 6 heteroatoms. The summed E-state index contributed by atoms with van der Waals surface area (Å²) >= 11 is 0. The van der Waals surface area contributed by atoms with Gasteiger partial charge in [-0.25, -0.2) is 0 Å². The zero-order valence-electron chi connectivity index (χ0n) is 18.5. The molecule has 29 heavy (non-hydrogen) atoms. The second-order valence-electron chi connectivity index (χ2n) is 8.42. The van der Waals surface area contributed by atoms with E-state index in [9.17, 15) is 0 Å². The van der Waals surface area contributed by atoms with Gasteiger partial charge >= 0.3 is 0 Å². The van der Waals surface area contributed by atoms with Crippen molar-refractivity contribution in [3.63, 3.8) is 0 Å². The predicted octanol–water partition coefficient (Wildman–Crippen LogP) is 2.95. The number of nitrogens with zero attached hydrogens (tertiary/aromatic N) is 3. The van der Waals surface area contributed by atoms with Gasteiger partial charge in [-0.2, -0.15) is 0 Å². The van der Waals surface area contributed by atoms with Gasteiger partial charge in [0.25, 0.3) is 0 Å². The Morgan fingerprint density at radius 3 is 2.90 bits per heavy atom. The second kappa shape index (κ2) is 11.3. The van der Waals surface area contributed by atoms with E-state index < -0.39 is 0 Å². The van der Waals surface area contributed by atoms with E-state index in [0.29, 0.717) is 5.92 Å². The van der Waals surface area contributed by atoms with Gasteiger partial charge in [0.1, 0.15) is 5.75 Å². The Hall–Kier alpha value is -1.95. The van der Waals surface area contributed by atoms with E-state index in [0.717, 1.165) is 50.4 Å². The summed E-state index contributed by atoms with van der Waals surface area (Å²) in [5.41, 5.74) is 1.25. The molecular weight excluding hydrogens is 362 g/mol. The molecular formula is C23H39N5O. The van der Waals surface area contributed by atoms with Gasteiger partial charge in [-0.3, -0.25) is 4.99 Å². The average Bonchev–Trinajstić information content (AvgIpc) is 3.23. The van der Waals surface area contributed by atoms with Crippen LogP contribution < -0.4 is 20.3 Å². The zero-order valence-corrected chi connectivity index (χ0v) is 18.5. The third-order valence-corrected chi connectivity index (χ3v) is 6.34. The molecule has 0 aliphatic carbocycles. The SMILES string of the molecule is CN=C(NCCCN1CCCCC1C)NCC1CCN(c2cccc(OC)c2)C1. The van der Waals surface area contributed by atoms with Gasteiger partial charge in [0.15, 0.2) is 5.96 Å². The first kappa shape index (κ1) is 21.8. The highest BCUT2D eigenvalue weighted by Crippen LogP contribution is 2.26. The van der Waals surface area contributed by atoms with Gasteiger partial charge in [-0.1, -0.05) is 12.5 Å². The molecule has 1 aromatic rings. The third-order valence-electron chi connectivity index (χ3n) is 6.34. The Balaban J connectivity index is 1.34. The molecule has 2 unspecified atom stereocenters. The molecule has 2 atom stereocenters. The van der Waals surface area contributed by atoms with E-state index in [4.69, 9.17) is 4.74 Å². The number of hydrogen-bond donors (Lipinski definition) is 2. The summed E-state index contributed by atoms with van der Waals surface area (Å²) in [5, 5.41) is 7.01. The first-order chi connectivity index (χ1) is 14.2. The van der Waals surface area contributed by atoms with Crippen LogP contribution in [0.15, 0.2) is 29.3 Å². The predicted molar refractivity (Wildman–Crippen MR) is 122 cm³/mol. The lowest BCUT2D eigenvalue weighted by Gasteiger charge is -2.33. The third kappa shape index (κ3) is 6.53. The van der Waals surface area contributed by atoms with E-state index >= 15 is 0 Å². The monoisotopic (exact) mass is 401 g/mol. The second-order valence-corrected chi connectivity index (χ2v) is 8.42. The van der Waals surface area contributed by atoms with Crippen molar-refractivity contribution in [2.45, 2.75) is 45.1 Å². The fourth-order valence-electron chi connectivity index (χ4n) is 4.48. The molecule has 2 aliphatic rings. The number of methoxy groups -OCH3 is 1. The number of nitrogens with one attached hydrogen (secondary N) is 2. The molecule has 3 rings (SSSR count). The lowest BCUT2D eigenvalue weighted by Crippen LogP contribution is -2.42. The highest BCUT2D eigenvalue weighted by atomic mass is 16.5. The van der Waals surface area contributed by atoms with Gasteiger partial charge in [0.05, 0.1) is 7.11 Å². The van der Waals surface area contributed by atoms with Crippen LogP contribution in [0.1, 0.15) is 39.0 Å². The Morgan fingerprint density at radius 2 is 2.10 bits per heavy atom. The van der Waals surface area contributed by atoms with Crippen LogP contribution in [0.25, 0.3) is 0 Å². The van der Waals surface area contributed by atoms with Crippen LogP contribution in [0.4, 0.5) is 5.69 Å². The number of aliphatic imine (C=N–C) groups is 1. The molecule has 2 fully saturated rings. The lowest BCUT2D eigenvalue weighted by atomic mass is 10.0. The molecule has 0 saturated carbocycles. The maximum atomic E-state index is 5.36. The van der Waals surface area contributed by atoms with Crippen molar-refractivity contribution in [1.29, 1.82) is 0 Å². The van der Waals surface area contributed by atoms with E-state index in [2.05, 4.69) is 50.5 Å². The van der Waals surface area contributed by atoms with Gasteiger partial charge in [-0.15, -0.1) is 0 Å². The van der Waals surface area contributed by atoms with E-state index in [-0.39, 0.29) is 0 Å². The zero-order chi connectivity index (χ0) is 20.5. The number of piperidine rings is 1. The standard InChI is InChI=1S/C23H39N5O/c1-19-8-4-5-13-27(19)14-7-12-25-23(24-2)26-17-20-11-15-28(18-20)21-9-6-10-22(16-21)29-3/h6,9-10,16,19-20H,4-5,7-8,11-15,17-18H2,1-3H3,(H2,24,25,26). The summed E-state index contributed by atoms with van der Waals surface area (Å²) in [5.74, 6) is 2.48. The average molecular weight is 402 g/mol. The number of likely N-dealkylation sites (tertiary alicyclic amines) is 1. The van der Waals surface area contributed by atoms with Crippen molar-refractivity contribution in [3.8, 4) is 5.75 Å². The minimum absolute atomic E-state index is 0.633. The topological polar surface area (TPSA) is 52.1 Å². The van der Waals surface area contributed by atoms with Crippen molar-refractivity contribution in [1.82, 2.24) is 15.5 Å². The number of ether oxygens (including phenoxy) is 1. The Kier molecular flexibility index (Phi) is 8.47. The molecule has 2 aliphatic heterocycles. The fourth-order valence-corrected chi connectivity index (χ4v) is 4.48. The molecule has 2 saturated heterocycles. The molecule has 0 bridgehead atoms. The molecule has 1 aromatic carbocycles. The molecule has 0 spiro atoms. The van der Waals surface area contributed by atoms with Crippen molar-refractivity contribution < 1.29 is 4.74 Å². The first-order valence-electron chi connectivity index (χ1n) is 11.3. The minimum atomic E-state index is 0.633. The lowest BCUT2D eigenvalue weighted by molar-refractivity contribution is 0.159. The van der Waals surface area contributed by atoms with Gasteiger partial charge < -0.3 is 25.2 Å². The number of hydrogen-bond acceptors (Lipinski definition) is 4. The molecule has 162 valence electrons. The summed E-state index contributed by atoms with van der Waals surface area (Å²) in [6.45, 7) is 8.92. The maximum Gasteiger partial charge on any atom is 0.190 e. The summed E-state index contributed by atoms with van der Waals surface area (Å²) in [4.78, 5) is 9.48.